The molecule has 1 aromatic carbocycles. The van der Waals surface area contributed by atoms with E-state index in [1.165, 1.54) is 5.56 Å². The number of nitrogens with two attached hydrogens (primary N) is 1. The molecule has 0 aliphatic heterocycles. The van der Waals surface area contributed by atoms with E-state index in [4.69, 9.17) is 10.6 Å². The molecule has 0 fully saturated rings. The van der Waals surface area contributed by atoms with Crippen LogP contribution in [0.25, 0.3) is 0 Å². The summed E-state index contributed by atoms with van der Waals surface area (Å²) >= 11 is 0. The first-order chi connectivity index (χ1) is 8.08. The number of aryl methyl sites for hydroxylation is 1. The van der Waals surface area contributed by atoms with Crippen molar-refractivity contribution in [3.8, 4) is 5.75 Å². The molecule has 17 heavy (non-hydrogen) atoms. The Hall–Kier alpha value is -1.06. The van der Waals surface area contributed by atoms with Crippen LogP contribution in [0, 0.1) is 12.8 Å². The second kappa shape index (κ2) is 6.62. The fourth-order valence-corrected chi connectivity index (χ4v) is 1.95. The van der Waals surface area contributed by atoms with Gasteiger partial charge in [-0.05, 0) is 31.7 Å². The molecule has 96 valence electrons. The predicted molar refractivity (Wildman–Crippen MR) is 71.9 cm³/mol. The van der Waals surface area contributed by atoms with Crippen molar-refractivity contribution in [2.45, 2.75) is 39.7 Å². The highest BCUT2D eigenvalue weighted by molar-refractivity contribution is 5.39. The molecule has 0 radical (unpaired) electrons. The van der Waals surface area contributed by atoms with Crippen molar-refractivity contribution in [1.82, 2.24) is 5.43 Å². The van der Waals surface area contributed by atoms with Gasteiger partial charge in [0, 0.05) is 11.6 Å². The summed E-state index contributed by atoms with van der Waals surface area (Å²) in [5.41, 5.74) is 5.27. The molecule has 3 N–H and O–H groups in total. The molecule has 0 saturated heterocycles. The van der Waals surface area contributed by atoms with Crippen LogP contribution in [0.15, 0.2) is 18.2 Å². The lowest BCUT2D eigenvalue weighted by Gasteiger charge is -2.20. The average molecular weight is 236 g/mol. The Morgan fingerprint density at radius 1 is 1.29 bits per heavy atom. The Morgan fingerprint density at radius 3 is 2.53 bits per heavy atom. The predicted octanol–water partition coefficient (Wildman–Crippen LogP) is 2.94. The zero-order valence-corrected chi connectivity index (χ0v) is 11.3. The first-order valence-corrected chi connectivity index (χ1v) is 6.19. The van der Waals surface area contributed by atoms with E-state index >= 15 is 0 Å². The van der Waals surface area contributed by atoms with Crippen LogP contribution in [-0.2, 0) is 0 Å². The second-order valence-corrected chi connectivity index (χ2v) is 4.94. The summed E-state index contributed by atoms with van der Waals surface area (Å²) in [5, 5.41) is 0. The summed E-state index contributed by atoms with van der Waals surface area (Å²) < 4.78 is 5.39. The molecular formula is C14H24N2O. The summed E-state index contributed by atoms with van der Waals surface area (Å²) in [6, 6.07) is 6.36. The number of hydrazine groups is 1. The van der Waals surface area contributed by atoms with E-state index in [0.29, 0.717) is 5.92 Å². The molecule has 0 aliphatic rings. The smallest absolute Gasteiger partial charge is 0.123 e. The number of nitrogens with one attached hydrogen (secondary N) is 1. The van der Waals surface area contributed by atoms with Crippen molar-refractivity contribution in [2.24, 2.45) is 11.8 Å². The van der Waals surface area contributed by atoms with Crippen LogP contribution in [0.4, 0.5) is 0 Å². The van der Waals surface area contributed by atoms with Crippen LogP contribution in [0.3, 0.4) is 0 Å². The highest BCUT2D eigenvalue weighted by atomic mass is 16.5. The van der Waals surface area contributed by atoms with E-state index in [9.17, 15) is 0 Å². The van der Waals surface area contributed by atoms with Crippen LogP contribution in [0.1, 0.15) is 43.9 Å². The van der Waals surface area contributed by atoms with Crippen molar-refractivity contribution in [3.63, 3.8) is 0 Å². The average Bonchev–Trinajstić information content (AvgIpc) is 2.30. The molecule has 1 atom stereocenters. The van der Waals surface area contributed by atoms with E-state index in [1.54, 1.807) is 7.11 Å². The van der Waals surface area contributed by atoms with Gasteiger partial charge >= 0.3 is 0 Å². The molecule has 0 spiro atoms. The highest BCUT2D eigenvalue weighted by Crippen LogP contribution is 2.29. The first-order valence-electron chi connectivity index (χ1n) is 6.19. The van der Waals surface area contributed by atoms with E-state index in [0.717, 1.165) is 24.2 Å². The van der Waals surface area contributed by atoms with Crippen molar-refractivity contribution in [2.75, 3.05) is 7.11 Å². The minimum absolute atomic E-state index is 0.159. The molecule has 0 heterocycles. The van der Waals surface area contributed by atoms with Gasteiger partial charge in [-0.3, -0.25) is 11.3 Å². The molecule has 3 nitrogen and oxygen atoms in total. The summed E-state index contributed by atoms with van der Waals surface area (Å²) in [6.07, 6.45) is 2.17. The van der Waals surface area contributed by atoms with Gasteiger partial charge in [0.1, 0.15) is 5.75 Å². The Bertz CT molecular complexity index is 350. The summed E-state index contributed by atoms with van der Waals surface area (Å²) in [7, 11) is 1.70. The summed E-state index contributed by atoms with van der Waals surface area (Å²) in [5.74, 6) is 7.25. The van der Waals surface area contributed by atoms with Crippen molar-refractivity contribution >= 4 is 0 Å². The number of hydrogen-bond acceptors (Lipinski definition) is 3. The van der Waals surface area contributed by atoms with Crippen molar-refractivity contribution in [3.05, 3.63) is 29.3 Å². The van der Waals surface area contributed by atoms with Gasteiger partial charge in [0.15, 0.2) is 0 Å². The number of hydrogen-bond donors (Lipinski definition) is 2. The van der Waals surface area contributed by atoms with Crippen LogP contribution in [0.2, 0.25) is 0 Å². The van der Waals surface area contributed by atoms with Crippen LogP contribution < -0.4 is 16.0 Å². The van der Waals surface area contributed by atoms with Gasteiger partial charge < -0.3 is 4.74 Å². The molecule has 0 saturated carbocycles. The van der Waals surface area contributed by atoms with Gasteiger partial charge in [-0.2, -0.15) is 0 Å². The van der Waals surface area contributed by atoms with Gasteiger partial charge in [0.2, 0.25) is 0 Å². The zero-order chi connectivity index (χ0) is 12.8. The van der Waals surface area contributed by atoms with Crippen LogP contribution >= 0.6 is 0 Å². The van der Waals surface area contributed by atoms with Crippen molar-refractivity contribution < 1.29 is 4.74 Å². The van der Waals surface area contributed by atoms with Crippen molar-refractivity contribution in [1.29, 1.82) is 0 Å². The first kappa shape index (κ1) is 14.0. The molecule has 0 amide bonds. The molecule has 1 aromatic rings. The third-order valence-electron chi connectivity index (χ3n) is 2.99. The lowest BCUT2D eigenvalue weighted by Crippen LogP contribution is -2.28. The normalized spacial score (nSPS) is 12.8. The van der Waals surface area contributed by atoms with E-state index in [-0.39, 0.29) is 6.04 Å². The van der Waals surface area contributed by atoms with E-state index in [1.807, 2.05) is 6.07 Å². The van der Waals surface area contributed by atoms with Crippen LogP contribution in [0.5, 0.6) is 5.75 Å². The Labute approximate surface area is 104 Å². The molecule has 0 bridgehead atoms. The molecule has 1 unspecified atom stereocenters. The lowest BCUT2D eigenvalue weighted by atomic mass is 9.96. The fraction of sp³-hybridized carbons (Fsp3) is 0.571. The molecule has 3 heteroatoms. The maximum Gasteiger partial charge on any atom is 0.123 e. The minimum atomic E-state index is 0.159. The van der Waals surface area contributed by atoms with Crippen LogP contribution in [-0.4, -0.2) is 7.11 Å². The molecule has 0 aromatic heterocycles. The quantitative estimate of drug-likeness (QED) is 0.589. The standard InChI is InChI=1S/C14H24N2O/c1-10(2)5-7-13(16-15)12-9-11(3)6-8-14(12)17-4/h6,8-10,13,16H,5,7,15H2,1-4H3. The number of ether oxygens (including phenoxy) is 1. The van der Waals surface area contributed by atoms with Gasteiger partial charge in [0.05, 0.1) is 7.11 Å². The fourth-order valence-electron chi connectivity index (χ4n) is 1.95. The van der Waals surface area contributed by atoms with E-state index < -0.39 is 0 Å². The number of benzene rings is 1. The monoisotopic (exact) mass is 236 g/mol. The van der Waals surface area contributed by atoms with Gasteiger partial charge in [0.25, 0.3) is 0 Å². The van der Waals surface area contributed by atoms with E-state index in [2.05, 4.69) is 38.3 Å². The maximum absolute atomic E-state index is 5.66. The van der Waals surface area contributed by atoms with Gasteiger partial charge in [-0.15, -0.1) is 0 Å². The zero-order valence-electron chi connectivity index (χ0n) is 11.3. The Morgan fingerprint density at radius 2 is 2.00 bits per heavy atom. The maximum atomic E-state index is 5.66. The lowest BCUT2D eigenvalue weighted by molar-refractivity contribution is 0.387. The SMILES string of the molecule is COc1ccc(C)cc1C(CCC(C)C)NN. The number of rotatable bonds is 6. The summed E-state index contributed by atoms with van der Waals surface area (Å²) in [4.78, 5) is 0. The molecule has 0 aliphatic carbocycles. The second-order valence-electron chi connectivity index (χ2n) is 4.94. The Balaban J connectivity index is 2.89. The summed E-state index contributed by atoms with van der Waals surface area (Å²) in [6.45, 7) is 6.53. The van der Waals surface area contributed by atoms with Gasteiger partial charge in [-0.25, -0.2) is 0 Å². The third-order valence-corrected chi connectivity index (χ3v) is 2.99. The topological polar surface area (TPSA) is 47.3 Å². The molecule has 1 rings (SSSR count). The highest BCUT2D eigenvalue weighted by Gasteiger charge is 2.15. The minimum Gasteiger partial charge on any atom is -0.496 e. The Kier molecular flexibility index (Phi) is 5.45. The third kappa shape index (κ3) is 4.02. The number of methoxy groups -OCH3 is 1. The van der Waals surface area contributed by atoms with Gasteiger partial charge in [-0.1, -0.05) is 31.5 Å². The largest absolute Gasteiger partial charge is 0.496 e. The molecular weight excluding hydrogens is 212 g/mol.